The summed E-state index contributed by atoms with van der Waals surface area (Å²) in [5.74, 6) is 0. The first kappa shape index (κ1) is 21.1. The van der Waals surface area contributed by atoms with E-state index in [0.717, 1.165) is 27.9 Å². The number of fused-ring (bicyclic) bond motifs is 6. The summed E-state index contributed by atoms with van der Waals surface area (Å²) in [7, 11) is 0. The van der Waals surface area contributed by atoms with Crippen LogP contribution in [0.2, 0.25) is 0 Å². The van der Waals surface area contributed by atoms with Crippen molar-refractivity contribution in [1.29, 1.82) is 0 Å². The molecular formula is C35H23N3. The molecule has 0 fully saturated rings. The number of aryl methyl sites for hydroxylation is 1. The Morgan fingerprint density at radius 1 is 0.526 bits per heavy atom. The predicted molar refractivity (Wildman–Crippen MR) is 158 cm³/mol. The highest BCUT2D eigenvalue weighted by atomic mass is 15.0. The number of pyridine rings is 2. The lowest BCUT2D eigenvalue weighted by molar-refractivity contribution is 1.25. The van der Waals surface area contributed by atoms with Crippen molar-refractivity contribution in [2.24, 2.45) is 0 Å². The van der Waals surface area contributed by atoms with Crippen LogP contribution in [0.15, 0.2) is 122 Å². The van der Waals surface area contributed by atoms with E-state index in [1.165, 1.54) is 49.4 Å². The molecule has 0 bridgehead atoms. The lowest BCUT2D eigenvalue weighted by atomic mass is 9.99. The minimum absolute atomic E-state index is 0.925. The van der Waals surface area contributed by atoms with Gasteiger partial charge in [-0.15, -0.1) is 0 Å². The van der Waals surface area contributed by atoms with Crippen LogP contribution < -0.4 is 0 Å². The van der Waals surface area contributed by atoms with E-state index in [0.29, 0.717) is 0 Å². The van der Waals surface area contributed by atoms with E-state index in [1.807, 2.05) is 12.4 Å². The second kappa shape index (κ2) is 7.99. The summed E-state index contributed by atoms with van der Waals surface area (Å²) in [6.45, 7) is 2.14. The van der Waals surface area contributed by atoms with Crippen molar-refractivity contribution >= 4 is 38.2 Å². The van der Waals surface area contributed by atoms with Gasteiger partial charge in [-0.1, -0.05) is 78.9 Å². The van der Waals surface area contributed by atoms with Gasteiger partial charge in [0.25, 0.3) is 0 Å². The summed E-state index contributed by atoms with van der Waals surface area (Å²) in [6.07, 6.45) is 3.93. The maximum atomic E-state index is 5.02. The smallest absolute Gasteiger partial charge is 0.145 e. The molecule has 38 heavy (non-hydrogen) atoms. The van der Waals surface area contributed by atoms with Gasteiger partial charge in [0, 0.05) is 45.1 Å². The number of aromatic nitrogens is 3. The lowest BCUT2D eigenvalue weighted by Gasteiger charge is -2.07. The van der Waals surface area contributed by atoms with E-state index in [2.05, 4.69) is 121 Å². The van der Waals surface area contributed by atoms with Gasteiger partial charge in [-0.25, -0.2) is 4.98 Å². The van der Waals surface area contributed by atoms with E-state index in [9.17, 15) is 0 Å². The molecule has 4 aromatic carbocycles. The first-order valence-corrected chi connectivity index (χ1v) is 12.9. The van der Waals surface area contributed by atoms with Crippen LogP contribution in [0, 0.1) is 6.92 Å². The predicted octanol–water partition coefficient (Wildman–Crippen LogP) is 8.94. The van der Waals surface area contributed by atoms with Gasteiger partial charge < -0.3 is 0 Å². The fourth-order valence-corrected chi connectivity index (χ4v) is 5.91. The first-order chi connectivity index (χ1) is 18.8. The Bertz CT molecular complexity index is 2120. The number of rotatable bonds is 3. The van der Waals surface area contributed by atoms with Gasteiger partial charge in [-0.2, -0.15) is 0 Å². The van der Waals surface area contributed by atoms with Crippen LogP contribution in [-0.4, -0.2) is 14.4 Å². The Kier molecular flexibility index (Phi) is 4.44. The van der Waals surface area contributed by atoms with E-state index < -0.39 is 0 Å². The fraction of sp³-hybridized carbons (Fsp3) is 0.0286. The van der Waals surface area contributed by atoms with Gasteiger partial charge in [-0.05, 0) is 59.5 Å². The standard InChI is InChI=1S/C35H23N3/c1-22-9-5-6-12-27(22)24-15-16-32(36-20-24)26-19-31-30-18-25(23-10-3-2-4-11-23)17-29-28-13-7-8-14-33(28)38(34(29)30)35(31)37-21-26/h2-21H,1H3. The molecule has 0 amide bonds. The molecule has 0 atom stereocenters. The molecule has 0 saturated heterocycles. The maximum Gasteiger partial charge on any atom is 0.145 e. The van der Waals surface area contributed by atoms with Crippen LogP contribution in [0.3, 0.4) is 0 Å². The minimum Gasteiger partial charge on any atom is -0.293 e. The van der Waals surface area contributed by atoms with Crippen molar-refractivity contribution in [2.75, 3.05) is 0 Å². The molecule has 3 heteroatoms. The van der Waals surface area contributed by atoms with Gasteiger partial charge in [0.2, 0.25) is 0 Å². The topological polar surface area (TPSA) is 30.2 Å². The van der Waals surface area contributed by atoms with Crippen LogP contribution in [0.25, 0.3) is 71.7 Å². The zero-order valence-corrected chi connectivity index (χ0v) is 20.9. The van der Waals surface area contributed by atoms with Crippen LogP contribution in [0.5, 0.6) is 0 Å². The zero-order chi connectivity index (χ0) is 25.2. The van der Waals surface area contributed by atoms with Crippen molar-refractivity contribution in [3.8, 4) is 33.5 Å². The summed E-state index contributed by atoms with van der Waals surface area (Å²) in [5, 5.41) is 4.89. The Morgan fingerprint density at radius 3 is 2.05 bits per heavy atom. The summed E-state index contributed by atoms with van der Waals surface area (Å²) < 4.78 is 2.32. The first-order valence-electron chi connectivity index (χ1n) is 12.9. The fourth-order valence-electron chi connectivity index (χ4n) is 5.91. The molecule has 4 aromatic heterocycles. The normalized spacial score (nSPS) is 11.8. The van der Waals surface area contributed by atoms with Gasteiger partial charge in [0.05, 0.1) is 16.7 Å². The Balaban J connectivity index is 1.36. The van der Waals surface area contributed by atoms with Gasteiger partial charge in [0.15, 0.2) is 0 Å². The van der Waals surface area contributed by atoms with Crippen molar-refractivity contribution in [1.82, 2.24) is 14.4 Å². The molecule has 0 unspecified atom stereocenters. The number of nitrogens with zero attached hydrogens (tertiary/aromatic N) is 3. The van der Waals surface area contributed by atoms with E-state index in [1.54, 1.807) is 0 Å². The molecule has 0 radical (unpaired) electrons. The number of hydrogen-bond acceptors (Lipinski definition) is 2. The molecule has 0 saturated carbocycles. The Morgan fingerprint density at radius 2 is 1.24 bits per heavy atom. The van der Waals surface area contributed by atoms with Crippen LogP contribution >= 0.6 is 0 Å². The Labute approximate surface area is 220 Å². The Hall–Kier alpha value is -5.02. The third kappa shape index (κ3) is 3.02. The molecule has 8 aromatic rings. The zero-order valence-electron chi connectivity index (χ0n) is 20.9. The second-order valence-electron chi connectivity index (χ2n) is 9.98. The van der Waals surface area contributed by atoms with Crippen molar-refractivity contribution in [2.45, 2.75) is 6.92 Å². The molecule has 178 valence electrons. The second-order valence-corrected chi connectivity index (χ2v) is 9.98. The van der Waals surface area contributed by atoms with E-state index in [-0.39, 0.29) is 0 Å². The monoisotopic (exact) mass is 485 g/mol. The lowest BCUT2D eigenvalue weighted by Crippen LogP contribution is -1.89. The number of hydrogen-bond donors (Lipinski definition) is 0. The summed E-state index contributed by atoms with van der Waals surface area (Å²) in [5.41, 5.74) is 11.4. The van der Waals surface area contributed by atoms with Crippen molar-refractivity contribution in [3.05, 3.63) is 127 Å². The largest absolute Gasteiger partial charge is 0.293 e. The molecule has 0 N–H and O–H groups in total. The SMILES string of the molecule is Cc1ccccc1-c1ccc(-c2cnc3c(c2)c2cc(-c4ccccc4)cc4c5ccccc5n3c42)nc1. The maximum absolute atomic E-state index is 5.02. The minimum atomic E-state index is 0.925. The molecule has 0 aliphatic heterocycles. The third-order valence-electron chi connectivity index (χ3n) is 7.76. The van der Waals surface area contributed by atoms with Crippen molar-refractivity contribution in [3.63, 3.8) is 0 Å². The molecule has 4 heterocycles. The molecular weight excluding hydrogens is 462 g/mol. The number of para-hydroxylation sites is 1. The van der Waals surface area contributed by atoms with Crippen LogP contribution in [0.1, 0.15) is 5.56 Å². The third-order valence-corrected chi connectivity index (χ3v) is 7.76. The quantitative estimate of drug-likeness (QED) is 0.250. The summed E-state index contributed by atoms with van der Waals surface area (Å²) in [6, 6.07) is 38.8. The molecule has 0 spiro atoms. The van der Waals surface area contributed by atoms with Crippen LogP contribution in [0.4, 0.5) is 0 Å². The highest BCUT2D eigenvalue weighted by Gasteiger charge is 2.20. The highest BCUT2D eigenvalue weighted by Crippen LogP contribution is 2.41. The molecule has 0 aliphatic carbocycles. The summed E-state index contributed by atoms with van der Waals surface area (Å²) in [4.78, 5) is 9.86. The molecule has 3 nitrogen and oxygen atoms in total. The number of benzene rings is 4. The molecule has 8 rings (SSSR count). The van der Waals surface area contributed by atoms with Crippen LogP contribution in [-0.2, 0) is 0 Å². The molecule has 0 aliphatic rings. The highest BCUT2D eigenvalue weighted by molar-refractivity contribution is 6.24. The average molecular weight is 486 g/mol. The average Bonchev–Trinajstić information content (AvgIpc) is 3.49. The summed E-state index contributed by atoms with van der Waals surface area (Å²) >= 11 is 0. The van der Waals surface area contributed by atoms with E-state index >= 15 is 0 Å². The van der Waals surface area contributed by atoms with Gasteiger partial charge >= 0.3 is 0 Å². The van der Waals surface area contributed by atoms with Gasteiger partial charge in [-0.3, -0.25) is 9.38 Å². The van der Waals surface area contributed by atoms with E-state index in [4.69, 9.17) is 9.97 Å². The van der Waals surface area contributed by atoms with Gasteiger partial charge in [0.1, 0.15) is 5.65 Å². The van der Waals surface area contributed by atoms with Crippen molar-refractivity contribution < 1.29 is 0 Å².